The Hall–Kier alpha value is -4.05. The smallest absolute Gasteiger partial charge is 0.271 e. The average molecular weight is 439 g/mol. The van der Waals surface area contributed by atoms with E-state index in [1.807, 2.05) is 11.6 Å². The van der Waals surface area contributed by atoms with Crippen LogP contribution in [-0.2, 0) is 7.05 Å². The van der Waals surface area contributed by atoms with Crippen LogP contribution >= 0.6 is 12.4 Å². The highest BCUT2D eigenvalue weighted by atomic mass is 35.5. The lowest BCUT2D eigenvalue weighted by Gasteiger charge is -2.14. The molecular weight excluding hydrogens is 420 g/mol. The van der Waals surface area contributed by atoms with Gasteiger partial charge in [0, 0.05) is 31.5 Å². The number of halogens is 1. The van der Waals surface area contributed by atoms with Gasteiger partial charge in [-0.2, -0.15) is 0 Å². The number of benzene rings is 1. The number of anilines is 3. The summed E-state index contributed by atoms with van der Waals surface area (Å²) in [6.45, 7) is 0. The Morgan fingerprint density at radius 1 is 1.13 bits per heavy atom. The molecule has 0 bridgehead atoms. The molecule has 10 nitrogen and oxygen atoms in total. The first-order valence-electron chi connectivity index (χ1n) is 8.99. The first-order valence-corrected chi connectivity index (χ1v) is 8.99. The van der Waals surface area contributed by atoms with Gasteiger partial charge in [0.25, 0.3) is 5.91 Å². The van der Waals surface area contributed by atoms with Crippen molar-refractivity contribution >= 4 is 53.0 Å². The van der Waals surface area contributed by atoms with Crippen molar-refractivity contribution in [3.05, 3.63) is 54.2 Å². The van der Waals surface area contributed by atoms with Crippen molar-refractivity contribution < 1.29 is 9.59 Å². The van der Waals surface area contributed by atoms with Crippen molar-refractivity contribution in [2.75, 3.05) is 17.7 Å². The molecule has 0 spiro atoms. The number of carbonyl (C=O) groups is 2. The number of hydrogen-bond donors (Lipinski definition) is 3. The quantitative estimate of drug-likeness (QED) is 0.390. The summed E-state index contributed by atoms with van der Waals surface area (Å²) in [4.78, 5) is 40.7. The summed E-state index contributed by atoms with van der Waals surface area (Å²) in [6, 6.07) is 6.68. The van der Waals surface area contributed by atoms with Crippen LogP contribution in [0.1, 0.15) is 20.8 Å². The summed E-state index contributed by atoms with van der Waals surface area (Å²) in [7, 11) is 3.56. The Balaban J connectivity index is 0.00000272. The number of nitrogens with one attached hydrogen (secondary N) is 2. The third-order valence-corrected chi connectivity index (χ3v) is 4.57. The van der Waals surface area contributed by atoms with Crippen LogP contribution in [0, 0.1) is 0 Å². The molecule has 158 valence electrons. The third kappa shape index (κ3) is 4.01. The van der Waals surface area contributed by atoms with E-state index in [0.717, 1.165) is 11.8 Å². The zero-order valence-electron chi connectivity index (χ0n) is 16.7. The lowest BCUT2D eigenvalue weighted by atomic mass is 10.1. The van der Waals surface area contributed by atoms with Crippen LogP contribution in [0.4, 0.5) is 17.3 Å². The summed E-state index contributed by atoms with van der Waals surface area (Å²) in [5, 5.41) is 6.04. The number of imidazole rings is 1. The van der Waals surface area contributed by atoms with E-state index in [4.69, 9.17) is 5.73 Å². The average Bonchev–Trinajstić information content (AvgIpc) is 3.15. The van der Waals surface area contributed by atoms with Crippen molar-refractivity contribution in [2.45, 2.75) is 0 Å². The summed E-state index contributed by atoms with van der Waals surface area (Å²) in [5.41, 5.74) is 9.23. The Bertz CT molecular complexity index is 1270. The van der Waals surface area contributed by atoms with E-state index in [1.165, 1.54) is 0 Å². The molecule has 31 heavy (non-hydrogen) atoms. The molecule has 3 aromatic heterocycles. The van der Waals surface area contributed by atoms with Crippen molar-refractivity contribution in [3.8, 4) is 11.3 Å². The highest BCUT2D eigenvalue weighted by Crippen LogP contribution is 2.32. The van der Waals surface area contributed by atoms with Crippen LogP contribution in [0.3, 0.4) is 0 Å². The van der Waals surface area contributed by atoms with Crippen molar-refractivity contribution in [1.29, 1.82) is 0 Å². The summed E-state index contributed by atoms with van der Waals surface area (Å²) >= 11 is 0. The number of primary amides is 1. The Morgan fingerprint density at radius 2 is 1.87 bits per heavy atom. The highest BCUT2D eigenvalue weighted by Gasteiger charge is 2.21. The van der Waals surface area contributed by atoms with Gasteiger partial charge in [0.2, 0.25) is 0 Å². The van der Waals surface area contributed by atoms with Gasteiger partial charge in [0.1, 0.15) is 17.5 Å². The molecule has 0 saturated carbocycles. The van der Waals surface area contributed by atoms with Gasteiger partial charge in [-0.3, -0.25) is 14.6 Å². The lowest BCUT2D eigenvalue weighted by molar-refractivity contribution is 0.0996. The van der Waals surface area contributed by atoms with Gasteiger partial charge >= 0.3 is 0 Å². The van der Waals surface area contributed by atoms with Crippen molar-refractivity contribution in [2.24, 2.45) is 12.8 Å². The molecule has 4 N–H and O–H groups in total. The molecule has 3 heterocycles. The van der Waals surface area contributed by atoms with Gasteiger partial charge in [0.15, 0.2) is 17.3 Å². The van der Waals surface area contributed by atoms with Gasteiger partial charge < -0.3 is 20.9 Å². The standard InChI is InChI=1S/C20H18N8O2.ClH/c1-22-19-16(13-7-23-8-14-15(13)24-10-28(14)2)26-17(18(21)30)20(27-19)25-12-5-3-11(9-29)4-6-12;/h3-10H,1-2H3,(H2,21,30)(H2,22,25,27);1H. The molecule has 0 aliphatic carbocycles. The maximum absolute atomic E-state index is 12.1. The van der Waals surface area contributed by atoms with Crippen molar-refractivity contribution in [3.63, 3.8) is 0 Å². The highest BCUT2D eigenvalue weighted by molar-refractivity contribution is 5.99. The van der Waals surface area contributed by atoms with Gasteiger partial charge in [-0.1, -0.05) is 0 Å². The number of aldehydes is 1. The van der Waals surface area contributed by atoms with E-state index in [2.05, 4.69) is 30.6 Å². The molecule has 1 amide bonds. The van der Waals surface area contributed by atoms with Gasteiger partial charge in [0.05, 0.1) is 23.6 Å². The van der Waals surface area contributed by atoms with E-state index in [0.29, 0.717) is 33.8 Å². The van der Waals surface area contributed by atoms with E-state index >= 15 is 0 Å². The van der Waals surface area contributed by atoms with Crippen LogP contribution in [-0.4, -0.2) is 43.7 Å². The first kappa shape index (κ1) is 21.7. The molecule has 4 rings (SSSR count). The van der Waals surface area contributed by atoms with Crippen LogP contribution in [0.15, 0.2) is 43.0 Å². The number of nitrogens with two attached hydrogens (primary N) is 1. The minimum absolute atomic E-state index is 0. The molecule has 0 fully saturated rings. The fraction of sp³-hybridized carbons (Fsp3) is 0.100. The molecular formula is C20H19ClN8O2. The van der Waals surface area contributed by atoms with Gasteiger partial charge in [-0.15, -0.1) is 12.4 Å². The summed E-state index contributed by atoms with van der Waals surface area (Å²) in [6.07, 6.45) is 5.75. The SMILES string of the molecule is CNc1nc(Nc2ccc(C=O)cc2)c(C(N)=O)nc1-c1cncc2c1ncn2C.Cl. The number of nitrogens with zero attached hydrogens (tertiary/aromatic N) is 5. The molecule has 0 saturated heterocycles. The maximum atomic E-state index is 12.1. The second-order valence-corrected chi connectivity index (χ2v) is 6.51. The molecule has 0 atom stereocenters. The topological polar surface area (TPSA) is 141 Å². The van der Waals surface area contributed by atoms with Crippen LogP contribution in [0.5, 0.6) is 0 Å². The Labute approximate surface area is 183 Å². The fourth-order valence-corrected chi connectivity index (χ4v) is 3.05. The summed E-state index contributed by atoms with van der Waals surface area (Å²) in [5.74, 6) is -0.123. The monoisotopic (exact) mass is 438 g/mol. The Morgan fingerprint density at radius 3 is 2.52 bits per heavy atom. The number of rotatable bonds is 6. The van der Waals surface area contributed by atoms with Crippen LogP contribution < -0.4 is 16.4 Å². The molecule has 0 aliphatic rings. The lowest BCUT2D eigenvalue weighted by Crippen LogP contribution is -2.18. The Kier molecular flexibility index (Phi) is 6.12. The fourth-order valence-electron chi connectivity index (χ4n) is 3.05. The minimum atomic E-state index is -0.737. The number of hydrogen-bond acceptors (Lipinski definition) is 8. The maximum Gasteiger partial charge on any atom is 0.271 e. The summed E-state index contributed by atoms with van der Waals surface area (Å²) < 4.78 is 1.84. The molecule has 0 radical (unpaired) electrons. The third-order valence-electron chi connectivity index (χ3n) is 4.57. The predicted octanol–water partition coefficient (Wildman–Crippen LogP) is 2.54. The second kappa shape index (κ2) is 8.76. The first-order chi connectivity index (χ1) is 14.5. The van der Waals surface area contributed by atoms with Crippen molar-refractivity contribution in [1.82, 2.24) is 24.5 Å². The van der Waals surface area contributed by atoms with Gasteiger partial charge in [-0.25, -0.2) is 15.0 Å². The largest absolute Gasteiger partial charge is 0.371 e. The number of pyridine rings is 1. The molecule has 0 unspecified atom stereocenters. The van der Waals surface area contributed by atoms with Crippen LogP contribution in [0.2, 0.25) is 0 Å². The van der Waals surface area contributed by atoms with Crippen LogP contribution in [0.25, 0.3) is 22.3 Å². The van der Waals surface area contributed by atoms with E-state index in [1.54, 1.807) is 50.0 Å². The molecule has 0 aliphatic heterocycles. The number of aryl methyl sites for hydroxylation is 1. The van der Waals surface area contributed by atoms with E-state index in [-0.39, 0.29) is 23.9 Å². The number of carbonyl (C=O) groups excluding carboxylic acids is 2. The number of fused-ring (bicyclic) bond motifs is 1. The molecule has 1 aromatic carbocycles. The molecule has 4 aromatic rings. The number of aromatic nitrogens is 5. The minimum Gasteiger partial charge on any atom is -0.371 e. The molecule has 11 heteroatoms. The van der Waals surface area contributed by atoms with Gasteiger partial charge in [-0.05, 0) is 24.3 Å². The second-order valence-electron chi connectivity index (χ2n) is 6.51. The zero-order chi connectivity index (χ0) is 21.3. The number of amides is 1. The zero-order valence-corrected chi connectivity index (χ0v) is 17.5. The van der Waals surface area contributed by atoms with E-state index in [9.17, 15) is 9.59 Å². The van der Waals surface area contributed by atoms with E-state index < -0.39 is 5.91 Å². The normalized spacial score (nSPS) is 10.4. The predicted molar refractivity (Wildman–Crippen MR) is 120 cm³/mol.